The van der Waals surface area contributed by atoms with Crippen LogP contribution in [0.5, 0.6) is 0 Å². The lowest BCUT2D eigenvalue weighted by atomic mass is 9.86. The summed E-state index contributed by atoms with van der Waals surface area (Å²) in [5.41, 5.74) is 0.861. The molecule has 0 aliphatic carbocycles. The highest BCUT2D eigenvalue weighted by Crippen LogP contribution is 2.32. The van der Waals surface area contributed by atoms with Crippen molar-refractivity contribution in [1.82, 2.24) is 9.88 Å². The molecule has 0 fully saturated rings. The van der Waals surface area contributed by atoms with E-state index in [1.54, 1.807) is 35.8 Å². The van der Waals surface area contributed by atoms with Gasteiger partial charge in [0.1, 0.15) is 5.01 Å². The topological polar surface area (TPSA) is 87.6 Å². The van der Waals surface area contributed by atoms with Crippen LogP contribution in [-0.4, -0.2) is 32.8 Å². The van der Waals surface area contributed by atoms with E-state index in [0.717, 1.165) is 4.90 Å². The van der Waals surface area contributed by atoms with Crippen LogP contribution in [0.15, 0.2) is 35.8 Å². The van der Waals surface area contributed by atoms with E-state index in [9.17, 15) is 14.4 Å². The third kappa shape index (κ3) is 2.50. The van der Waals surface area contributed by atoms with Gasteiger partial charge in [0.15, 0.2) is 0 Å². The van der Waals surface area contributed by atoms with E-state index < -0.39 is 23.7 Å². The Hall–Kier alpha value is -2.54. The number of imide groups is 1. The van der Waals surface area contributed by atoms with Gasteiger partial charge in [0.05, 0.1) is 18.9 Å². The second-order valence-electron chi connectivity index (χ2n) is 4.89. The standard InChI is InChI=1S/C15H12N2O4S/c18-13(19)7-11-9-3-1-2-4-10(9)14(20)17(15(11)21)8-12-16-5-6-22-12/h1-6,11H,7-8H2,(H,18,19). The van der Waals surface area contributed by atoms with Gasteiger partial charge in [0.2, 0.25) is 5.91 Å². The highest BCUT2D eigenvalue weighted by Gasteiger charge is 2.39. The molecule has 1 atom stereocenters. The molecule has 1 aromatic heterocycles. The van der Waals surface area contributed by atoms with E-state index in [1.807, 2.05) is 0 Å². The Morgan fingerprint density at radius 2 is 2.09 bits per heavy atom. The number of carboxylic acid groups (broad SMARTS) is 1. The van der Waals surface area contributed by atoms with Crippen LogP contribution >= 0.6 is 11.3 Å². The van der Waals surface area contributed by atoms with Crippen molar-refractivity contribution < 1.29 is 19.5 Å². The second-order valence-corrected chi connectivity index (χ2v) is 5.87. The molecule has 0 radical (unpaired) electrons. The predicted molar refractivity (Wildman–Crippen MR) is 78.4 cm³/mol. The van der Waals surface area contributed by atoms with Crippen LogP contribution in [0, 0.1) is 0 Å². The molecule has 3 rings (SSSR count). The van der Waals surface area contributed by atoms with Crippen molar-refractivity contribution in [2.45, 2.75) is 18.9 Å². The van der Waals surface area contributed by atoms with Crippen molar-refractivity contribution in [3.63, 3.8) is 0 Å². The number of amides is 2. The summed E-state index contributed by atoms with van der Waals surface area (Å²) in [6, 6.07) is 6.66. The number of nitrogens with zero attached hydrogens (tertiary/aromatic N) is 2. The average molecular weight is 316 g/mol. The van der Waals surface area contributed by atoms with Gasteiger partial charge in [-0.2, -0.15) is 0 Å². The van der Waals surface area contributed by atoms with Crippen molar-refractivity contribution >= 4 is 29.1 Å². The number of hydrogen-bond donors (Lipinski definition) is 1. The molecular formula is C15H12N2O4S. The molecular weight excluding hydrogens is 304 g/mol. The van der Waals surface area contributed by atoms with E-state index >= 15 is 0 Å². The normalized spacial score (nSPS) is 17.5. The van der Waals surface area contributed by atoms with Crippen LogP contribution in [0.3, 0.4) is 0 Å². The molecule has 6 nitrogen and oxygen atoms in total. The molecule has 0 spiro atoms. The monoisotopic (exact) mass is 316 g/mol. The van der Waals surface area contributed by atoms with Gasteiger partial charge in [-0.05, 0) is 11.6 Å². The quantitative estimate of drug-likeness (QED) is 0.870. The van der Waals surface area contributed by atoms with Gasteiger partial charge in [-0.3, -0.25) is 19.3 Å². The molecule has 0 saturated carbocycles. The van der Waals surface area contributed by atoms with Crippen molar-refractivity contribution in [3.8, 4) is 0 Å². The van der Waals surface area contributed by atoms with Crippen molar-refractivity contribution in [2.75, 3.05) is 0 Å². The summed E-state index contributed by atoms with van der Waals surface area (Å²) in [5.74, 6) is -2.80. The third-order valence-corrected chi connectivity index (χ3v) is 4.30. The molecule has 2 heterocycles. The first-order valence-electron chi connectivity index (χ1n) is 6.62. The Morgan fingerprint density at radius 1 is 1.32 bits per heavy atom. The van der Waals surface area contributed by atoms with E-state index in [4.69, 9.17) is 5.11 Å². The summed E-state index contributed by atoms with van der Waals surface area (Å²) >= 11 is 1.34. The Balaban J connectivity index is 2.01. The molecule has 22 heavy (non-hydrogen) atoms. The Kier molecular flexibility index (Phi) is 3.72. The van der Waals surface area contributed by atoms with Gasteiger partial charge in [0.25, 0.3) is 5.91 Å². The molecule has 1 unspecified atom stereocenters. The van der Waals surface area contributed by atoms with Crippen molar-refractivity contribution in [3.05, 3.63) is 52.0 Å². The largest absolute Gasteiger partial charge is 0.481 e. The summed E-state index contributed by atoms with van der Waals surface area (Å²) in [4.78, 5) is 41.3. The van der Waals surface area contributed by atoms with Crippen LogP contribution in [0.4, 0.5) is 0 Å². The van der Waals surface area contributed by atoms with Crippen molar-refractivity contribution in [1.29, 1.82) is 0 Å². The van der Waals surface area contributed by atoms with Gasteiger partial charge in [-0.25, -0.2) is 4.98 Å². The molecule has 1 aliphatic heterocycles. The Morgan fingerprint density at radius 3 is 2.77 bits per heavy atom. The number of thiazole rings is 1. The molecule has 1 aliphatic rings. The minimum absolute atomic E-state index is 0.0692. The first kappa shape index (κ1) is 14.4. The van der Waals surface area contributed by atoms with Gasteiger partial charge < -0.3 is 5.11 Å². The van der Waals surface area contributed by atoms with Crippen LogP contribution < -0.4 is 0 Å². The van der Waals surface area contributed by atoms with Crippen LogP contribution in [-0.2, 0) is 16.1 Å². The maximum absolute atomic E-state index is 12.6. The van der Waals surface area contributed by atoms with Crippen LogP contribution in [0.1, 0.15) is 33.3 Å². The number of aromatic nitrogens is 1. The predicted octanol–water partition coefficient (Wildman–Crippen LogP) is 1.88. The SMILES string of the molecule is O=C(O)CC1C(=O)N(Cc2nccs2)C(=O)c2ccccc21. The number of carbonyl (C=O) groups excluding carboxylic acids is 2. The summed E-state index contributed by atoms with van der Waals surface area (Å²) in [7, 11) is 0. The molecule has 0 bridgehead atoms. The molecule has 7 heteroatoms. The molecule has 0 saturated heterocycles. The van der Waals surface area contributed by atoms with Gasteiger partial charge in [-0.15, -0.1) is 11.3 Å². The van der Waals surface area contributed by atoms with Gasteiger partial charge in [-0.1, -0.05) is 18.2 Å². The third-order valence-electron chi connectivity index (χ3n) is 3.53. The number of hydrogen-bond acceptors (Lipinski definition) is 5. The Bertz CT molecular complexity index is 742. The van der Waals surface area contributed by atoms with E-state index in [-0.39, 0.29) is 13.0 Å². The van der Waals surface area contributed by atoms with E-state index in [2.05, 4.69) is 4.98 Å². The summed E-state index contributed by atoms with van der Waals surface area (Å²) in [5, 5.41) is 11.4. The number of benzene rings is 1. The number of carboxylic acids is 1. The minimum atomic E-state index is -1.07. The second kappa shape index (κ2) is 5.69. The smallest absolute Gasteiger partial charge is 0.304 e. The summed E-state index contributed by atoms with van der Waals surface area (Å²) in [6.07, 6.45) is 1.26. The fraction of sp³-hybridized carbons (Fsp3) is 0.200. The fourth-order valence-corrected chi connectivity index (χ4v) is 3.15. The molecule has 2 amide bonds. The van der Waals surface area contributed by atoms with Crippen LogP contribution in [0.25, 0.3) is 0 Å². The maximum atomic E-state index is 12.6. The minimum Gasteiger partial charge on any atom is -0.481 e. The number of carbonyl (C=O) groups is 3. The van der Waals surface area contributed by atoms with Gasteiger partial charge in [0, 0.05) is 17.1 Å². The first-order valence-corrected chi connectivity index (χ1v) is 7.50. The number of aliphatic carboxylic acids is 1. The Labute approximate surface area is 130 Å². The highest BCUT2D eigenvalue weighted by molar-refractivity contribution is 7.09. The maximum Gasteiger partial charge on any atom is 0.304 e. The molecule has 2 aromatic rings. The first-order chi connectivity index (χ1) is 10.6. The summed E-state index contributed by atoms with van der Waals surface area (Å²) in [6.45, 7) is 0.0692. The van der Waals surface area contributed by atoms with E-state index in [0.29, 0.717) is 16.1 Å². The fourth-order valence-electron chi connectivity index (χ4n) is 2.55. The molecule has 112 valence electrons. The zero-order valence-corrected chi connectivity index (χ0v) is 12.2. The highest BCUT2D eigenvalue weighted by atomic mass is 32.1. The lowest BCUT2D eigenvalue weighted by Gasteiger charge is -2.31. The lowest BCUT2D eigenvalue weighted by molar-refractivity contribution is -0.141. The number of fused-ring (bicyclic) bond motifs is 1. The van der Waals surface area contributed by atoms with Gasteiger partial charge >= 0.3 is 5.97 Å². The van der Waals surface area contributed by atoms with Crippen LogP contribution in [0.2, 0.25) is 0 Å². The zero-order valence-electron chi connectivity index (χ0n) is 11.4. The van der Waals surface area contributed by atoms with Crippen molar-refractivity contribution in [2.24, 2.45) is 0 Å². The average Bonchev–Trinajstić information content (AvgIpc) is 3.01. The zero-order chi connectivity index (χ0) is 15.7. The number of rotatable bonds is 4. The van der Waals surface area contributed by atoms with E-state index in [1.165, 1.54) is 11.3 Å². The lowest BCUT2D eigenvalue weighted by Crippen LogP contribution is -2.44. The molecule has 1 aromatic carbocycles. The molecule has 1 N–H and O–H groups in total. The summed E-state index contributed by atoms with van der Waals surface area (Å²) < 4.78 is 0.